The van der Waals surface area contributed by atoms with E-state index >= 15 is 0 Å². The summed E-state index contributed by atoms with van der Waals surface area (Å²) in [6, 6.07) is 3.72. The van der Waals surface area contributed by atoms with E-state index in [1.54, 1.807) is 6.20 Å². The average Bonchev–Trinajstić information content (AvgIpc) is 2.40. The van der Waals surface area contributed by atoms with Gasteiger partial charge in [0.05, 0.1) is 6.61 Å². The van der Waals surface area contributed by atoms with Crippen LogP contribution in [0, 0.1) is 0 Å². The molecule has 5 nitrogen and oxygen atoms in total. The van der Waals surface area contributed by atoms with Crippen molar-refractivity contribution in [1.29, 1.82) is 0 Å². The van der Waals surface area contributed by atoms with E-state index < -0.39 is 5.60 Å². The fraction of sp³-hybridized carbons (Fsp3) is 0.625. The molecule has 0 radical (unpaired) electrons. The number of amides is 1. The molecule has 0 bridgehead atoms. The predicted octanol–water partition coefficient (Wildman–Crippen LogP) is 4.31. The lowest BCUT2D eigenvalue weighted by atomic mass is 10.2. The Morgan fingerprint density at radius 3 is 2.68 bits per heavy atom. The van der Waals surface area contributed by atoms with Crippen molar-refractivity contribution in [2.45, 2.75) is 52.1 Å². The molecule has 0 unspecified atom stereocenters. The number of unbranched alkanes of at least 4 members (excludes halogenated alkanes) is 3. The van der Waals surface area contributed by atoms with Crippen LogP contribution < -0.4 is 10.1 Å². The highest BCUT2D eigenvalue weighted by Crippen LogP contribution is 2.15. The SMILES string of the molecule is CC(C)(C)OC(=O)NCCCCCCOc1cc(Br)ccn1. The van der Waals surface area contributed by atoms with Gasteiger partial charge in [0.1, 0.15) is 5.60 Å². The monoisotopic (exact) mass is 372 g/mol. The normalized spacial score (nSPS) is 11.1. The summed E-state index contributed by atoms with van der Waals surface area (Å²) < 4.78 is 11.7. The van der Waals surface area contributed by atoms with Crippen LogP contribution in [0.25, 0.3) is 0 Å². The first-order valence-corrected chi connectivity index (χ1v) is 8.37. The first kappa shape index (κ1) is 18.7. The second-order valence-corrected chi connectivity index (χ2v) is 6.92. The van der Waals surface area contributed by atoms with E-state index in [1.165, 1.54) is 0 Å². The summed E-state index contributed by atoms with van der Waals surface area (Å²) in [5, 5.41) is 2.75. The lowest BCUT2D eigenvalue weighted by molar-refractivity contribution is 0.0527. The molecular weight excluding hydrogens is 348 g/mol. The smallest absolute Gasteiger partial charge is 0.407 e. The molecule has 22 heavy (non-hydrogen) atoms. The third-order valence-corrected chi connectivity index (χ3v) is 3.18. The number of rotatable bonds is 8. The predicted molar refractivity (Wildman–Crippen MR) is 90.1 cm³/mol. The molecule has 0 aromatic carbocycles. The zero-order valence-corrected chi connectivity index (χ0v) is 15.1. The molecule has 0 spiro atoms. The number of hydrogen-bond donors (Lipinski definition) is 1. The fourth-order valence-corrected chi connectivity index (χ4v) is 2.04. The van der Waals surface area contributed by atoms with Crippen LogP contribution in [0.3, 0.4) is 0 Å². The first-order valence-electron chi connectivity index (χ1n) is 7.58. The number of halogens is 1. The van der Waals surface area contributed by atoms with Crippen molar-refractivity contribution in [2.75, 3.05) is 13.2 Å². The number of carbonyl (C=O) groups is 1. The van der Waals surface area contributed by atoms with Gasteiger partial charge < -0.3 is 14.8 Å². The maximum atomic E-state index is 11.4. The molecule has 0 atom stereocenters. The minimum Gasteiger partial charge on any atom is -0.478 e. The second kappa shape index (κ2) is 9.66. The number of aromatic nitrogens is 1. The zero-order valence-electron chi connectivity index (χ0n) is 13.5. The molecule has 1 heterocycles. The van der Waals surface area contributed by atoms with Crippen LogP contribution in [-0.2, 0) is 4.74 Å². The summed E-state index contributed by atoms with van der Waals surface area (Å²) >= 11 is 3.38. The molecule has 0 saturated carbocycles. The van der Waals surface area contributed by atoms with Crippen molar-refractivity contribution in [3.05, 3.63) is 22.8 Å². The van der Waals surface area contributed by atoms with Crippen molar-refractivity contribution in [2.24, 2.45) is 0 Å². The zero-order chi connectivity index (χ0) is 16.4. The van der Waals surface area contributed by atoms with Crippen molar-refractivity contribution in [1.82, 2.24) is 10.3 Å². The van der Waals surface area contributed by atoms with Crippen molar-refractivity contribution < 1.29 is 14.3 Å². The number of hydrogen-bond acceptors (Lipinski definition) is 4. The van der Waals surface area contributed by atoms with Crippen molar-refractivity contribution >= 4 is 22.0 Å². The van der Waals surface area contributed by atoms with Crippen LogP contribution >= 0.6 is 15.9 Å². The third kappa shape index (κ3) is 9.60. The number of carbonyl (C=O) groups excluding carboxylic acids is 1. The van der Waals surface area contributed by atoms with E-state index in [1.807, 2.05) is 32.9 Å². The van der Waals surface area contributed by atoms with E-state index in [-0.39, 0.29) is 6.09 Å². The maximum absolute atomic E-state index is 11.4. The van der Waals surface area contributed by atoms with Gasteiger partial charge in [-0.1, -0.05) is 28.8 Å². The molecule has 1 rings (SSSR count). The fourth-order valence-electron chi connectivity index (χ4n) is 1.73. The van der Waals surface area contributed by atoms with E-state index in [9.17, 15) is 4.79 Å². The van der Waals surface area contributed by atoms with Gasteiger partial charge in [-0.15, -0.1) is 0 Å². The lowest BCUT2D eigenvalue weighted by Gasteiger charge is -2.19. The van der Waals surface area contributed by atoms with Gasteiger partial charge in [-0.2, -0.15) is 0 Å². The Labute approximate surface area is 140 Å². The highest BCUT2D eigenvalue weighted by atomic mass is 79.9. The number of nitrogens with zero attached hydrogens (tertiary/aromatic N) is 1. The molecular formula is C16H25BrN2O3. The van der Waals surface area contributed by atoms with Gasteiger partial charge in [0.2, 0.25) is 5.88 Å². The van der Waals surface area contributed by atoms with E-state index in [0.29, 0.717) is 19.0 Å². The van der Waals surface area contributed by atoms with Crippen molar-refractivity contribution in [3.63, 3.8) is 0 Å². The summed E-state index contributed by atoms with van der Waals surface area (Å²) in [5.41, 5.74) is -0.443. The van der Waals surface area contributed by atoms with Gasteiger partial charge in [0.25, 0.3) is 0 Å². The third-order valence-electron chi connectivity index (χ3n) is 2.69. The van der Waals surface area contributed by atoms with Crippen LogP contribution in [0.4, 0.5) is 4.79 Å². The quantitative estimate of drug-likeness (QED) is 0.690. The molecule has 0 saturated heterocycles. The average molecular weight is 373 g/mol. The Morgan fingerprint density at radius 2 is 2.00 bits per heavy atom. The summed E-state index contributed by atoms with van der Waals surface area (Å²) in [7, 11) is 0. The number of ether oxygens (including phenoxy) is 2. The van der Waals surface area contributed by atoms with Gasteiger partial charge in [-0.05, 0) is 39.7 Å². The van der Waals surface area contributed by atoms with E-state index in [0.717, 1.165) is 30.2 Å². The Kier molecular flexibility index (Phi) is 8.24. The first-order chi connectivity index (χ1) is 10.4. The van der Waals surface area contributed by atoms with E-state index in [2.05, 4.69) is 26.2 Å². The van der Waals surface area contributed by atoms with Gasteiger partial charge in [0.15, 0.2) is 0 Å². The molecule has 6 heteroatoms. The Morgan fingerprint density at radius 1 is 1.27 bits per heavy atom. The molecule has 1 aromatic rings. The highest BCUT2D eigenvalue weighted by Gasteiger charge is 2.15. The lowest BCUT2D eigenvalue weighted by Crippen LogP contribution is -2.32. The maximum Gasteiger partial charge on any atom is 0.407 e. The van der Waals surface area contributed by atoms with Gasteiger partial charge in [-0.3, -0.25) is 0 Å². The molecule has 0 fully saturated rings. The molecule has 124 valence electrons. The number of nitrogens with one attached hydrogen (secondary N) is 1. The van der Waals surface area contributed by atoms with Gasteiger partial charge in [-0.25, -0.2) is 9.78 Å². The number of alkyl carbamates (subject to hydrolysis) is 1. The summed E-state index contributed by atoms with van der Waals surface area (Å²) in [4.78, 5) is 15.5. The van der Waals surface area contributed by atoms with Gasteiger partial charge >= 0.3 is 6.09 Å². The van der Waals surface area contributed by atoms with Crippen LogP contribution in [-0.4, -0.2) is 29.8 Å². The summed E-state index contributed by atoms with van der Waals surface area (Å²) in [6.45, 7) is 6.86. The van der Waals surface area contributed by atoms with Crippen LogP contribution in [0.2, 0.25) is 0 Å². The van der Waals surface area contributed by atoms with Crippen LogP contribution in [0.1, 0.15) is 46.5 Å². The topological polar surface area (TPSA) is 60.5 Å². The molecule has 1 amide bonds. The van der Waals surface area contributed by atoms with Crippen LogP contribution in [0.15, 0.2) is 22.8 Å². The standard InChI is InChI=1S/C16H25BrN2O3/c1-16(2,3)22-15(20)19-9-6-4-5-7-11-21-14-12-13(17)8-10-18-14/h8,10,12H,4-7,9,11H2,1-3H3,(H,19,20). The second-order valence-electron chi connectivity index (χ2n) is 6.00. The Balaban J connectivity index is 1.97. The largest absolute Gasteiger partial charge is 0.478 e. The molecule has 0 aliphatic rings. The highest BCUT2D eigenvalue weighted by molar-refractivity contribution is 9.10. The molecule has 0 aliphatic carbocycles. The van der Waals surface area contributed by atoms with Crippen LogP contribution in [0.5, 0.6) is 5.88 Å². The Bertz CT molecular complexity index is 461. The Hall–Kier alpha value is -1.30. The summed E-state index contributed by atoms with van der Waals surface area (Å²) in [5.74, 6) is 0.640. The summed E-state index contributed by atoms with van der Waals surface area (Å²) in [6.07, 6.45) is 5.38. The minimum atomic E-state index is -0.443. The van der Waals surface area contributed by atoms with Gasteiger partial charge in [0, 0.05) is 23.3 Å². The van der Waals surface area contributed by atoms with E-state index in [4.69, 9.17) is 9.47 Å². The molecule has 0 aliphatic heterocycles. The number of pyridine rings is 1. The van der Waals surface area contributed by atoms with Crippen molar-refractivity contribution in [3.8, 4) is 5.88 Å². The molecule has 1 aromatic heterocycles. The molecule has 1 N–H and O–H groups in total. The minimum absolute atomic E-state index is 0.350.